The highest BCUT2D eigenvalue weighted by atomic mass is 15.2. The summed E-state index contributed by atoms with van der Waals surface area (Å²) in [4.78, 5) is 25.5. The second-order valence-corrected chi connectivity index (χ2v) is 11.3. The van der Waals surface area contributed by atoms with Crippen LogP contribution in [-0.4, -0.2) is 51.1 Å². The van der Waals surface area contributed by atoms with E-state index in [0.717, 1.165) is 83.6 Å². The van der Waals surface area contributed by atoms with Gasteiger partial charge in [-0.25, -0.2) is 15.0 Å². The van der Waals surface area contributed by atoms with Gasteiger partial charge in [-0.3, -0.25) is 4.98 Å². The Morgan fingerprint density at radius 3 is 2.64 bits per heavy atom. The lowest BCUT2D eigenvalue weighted by Gasteiger charge is -2.33. The summed E-state index contributed by atoms with van der Waals surface area (Å²) >= 11 is 0. The normalized spacial score (nSPS) is 16.1. The maximum absolute atomic E-state index is 5.30. The van der Waals surface area contributed by atoms with Crippen molar-refractivity contribution in [1.29, 1.82) is 0 Å². The van der Waals surface area contributed by atoms with Gasteiger partial charge in [-0.05, 0) is 56.0 Å². The summed E-state index contributed by atoms with van der Waals surface area (Å²) in [6.45, 7) is 13.2. The van der Waals surface area contributed by atoms with Crippen LogP contribution < -0.4 is 10.2 Å². The van der Waals surface area contributed by atoms with E-state index in [2.05, 4.69) is 72.9 Å². The smallest absolute Gasteiger partial charge is 0.163 e. The number of nitrogens with zero attached hydrogens (tertiary/aromatic N) is 5. The Bertz CT molecular complexity index is 1360. The fraction of sp³-hybridized carbons (Fsp3) is 0.517. The van der Waals surface area contributed by atoms with Crippen molar-refractivity contribution in [3.63, 3.8) is 0 Å². The topological polar surface area (TPSA) is 82.6 Å². The third kappa shape index (κ3) is 4.57. The van der Waals surface area contributed by atoms with Crippen LogP contribution in [0.4, 0.5) is 5.82 Å². The van der Waals surface area contributed by atoms with Crippen molar-refractivity contribution in [3.05, 3.63) is 42.0 Å². The second kappa shape index (κ2) is 9.77. The molecule has 5 rings (SSSR count). The van der Waals surface area contributed by atoms with Gasteiger partial charge >= 0.3 is 0 Å². The summed E-state index contributed by atoms with van der Waals surface area (Å²) in [7, 11) is 2.20. The summed E-state index contributed by atoms with van der Waals surface area (Å²) in [6, 6.07) is 4.69. The predicted molar refractivity (Wildman–Crippen MR) is 149 cm³/mol. The van der Waals surface area contributed by atoms with Gasteiger partial charge < -0.3 is 15.2 Å². The minimum Gasteiger partial charge on any atom is -0.356 e. The first-order valence-corrected chi connectivity index (χ1v) is 13.4. The minimum absolute atomic E-state index is 0.00313. The fourth-order valence-electron chi connectivity index (χ4n) is 5.42. The zero-order valence-corrected chi connectivity index (χ0v) is 22.5. The molecule has 0 saturated carbocycles. The number of hydrogen-bond acceptors (Lipinski definition) is 6. The van der Waals surface area contributed by atoms with Crippen molar-refractivity contribution in [1.82, 2.24) is 30.2 Å². The first-order valence-electron chi connectivity index (χ1n) is 13.4. The Labute approximate surface area is 214 Å². The SMILES string of the molecule is CCCC(C)c1cncc2nc(-c3ccnc4[nH]c(C(C)(C)C)cc34)nc(N(C)C3CCNCC3)c12. The molecule has 1 unspecified atom stereocenters. The number of rotatable bonds is 6. The molecule has 1 atom stereocenters. The molecule has 190 valence electrons. The monoisotopic (exact) mass is 485 g/mol. The van der Waals surface area contributed by atoms with E-state index >= 15 is 0 Å². The Morgan fingerprint density at radius 2 is 1.92 bits per heavy atom. The van der Waals surface area contributed by atoms with Crippen molar-refractivity contribution in [2.75, 3.05) is 25.0 Å². The molecule has 0 aromatic carbocycles. The van der Waals surface area contributed by atoms with Crippen LogP contribution in [0.25, 0.3) is 33.3 Å². The third-order valence-corrected chi connectivity index (χ3v) is 7.64. The van der Waals surface area contributed by atoms with Gasteiger partial charge in [0.25, 0.3) is 0 Å². The lowest BCUT2D eigenvalue weighted by Crippen LogP contribution is -2.41. The molecule has 1 aliphatic rings. The molecule has 0 aliphatic carbocycles. The molecule has 4 aromatic rings. The molecule has 0 spiro atoms. The van der Waals surface area contributed by atoms with Crippen LogP contribution >= 0.6 is 0 Å². The Balaban J connectivity index is 1.73. The van der Waals surface area contributed by atoms with E-state index < -0.39 is 0 Å². The molecule has 0 radical (unpaired) electrons. The van der Waals surface area contributed by atoms with Crippen LogP contribution in [0.15, 0.2) is 30.7 Å². The zero-order chi connectivity index (χ0) is 25.4. The van der Waals surface area contributed by atoms with Crippen molar-refractivity contribution in [3.8, 4) is 11.4 Å². The second-order valence-electron chi connectivity index (χ2n) is 11.3. The largest absolute Gasteiger partial charge is 0.356 e. The van der Waals surface area contributed by atoms with E-state index in [0.29, 0.717) is 12.0 Å². The first-order chi connectivity index (χ1) is 17.3. The quantitative estimate of drug-likeness (QED) is 0.351. The van der Waals surface area contributed by atoms with Crippen molar-refractivity contribution in [2.24, 2.45) is 0 Å². The predicted octanol–water partition coefficient (Wildman–Crippen LogP) is 5.96. The Hall–Kier alpha value is -3.06. The molecule has 0 bridgehead atoms. The summed E-state index contributed by atoms with van der Waals surface area (Å²) < 4.78 is 0. The summed E-state index contributed by atoms with van der Waals surface area (Å²) in [5, 5.41) is 5.70. The molecule has 0 amide bonds. The maximum atomic E-state index is 5.30. The van der Waals surface area contributed by atoms with Crippen LogP contribution in [0.3, 0.4) is 0 Å². The Kier molecular flexibility index (Phi) is 6.68. The minimum atomic E-state index is -0.00313. The maximum Gasteiger partial charge on any atom is 0.163 e. The first kappa shape index (κ1) is 24.6. The summed E-state index contributed by atoms with van der Waals surface area (Å²) in [5.41, 5.74) is 5.18. The number of hydrogen-bond donors (Lipinski definition) is 2. The number of pyridine rings is 2. The lowest BCUT2D eigenvalue weighted by molar-refractivity contribution is 0.442. The van der Waals surface area contributed by atoms with Crippen LogP contribution in [0.5, 0.6) is 0 Å². The highest BCUT2D eigenvalue weighted by Crippen LogP contribution is 2.37. The number of aromatic amines is 1. The molecule has 5 heterocycles. The standard InChI is InChI=1S/C29H39N7/c1-7-8-18(2)22-16-31-17-23-25(22)28(36(6)19-9-12-30-13-10-19)35-27(33-23)20-11-14-32-26-21(20)15-24(34-26)29(3,4)5/h11,14-19,30H,7-10,12-13H2,1-6H3,(H,32,34). The average molecular weight is 486 g/mol. The Morgan fingerprint density at radius 1 is 1.14 bits per heavy atom. The van der Waals surface area contributed by atoms with Crippen LogP contribution in [0, 0.1) is 0 Å². The van der Waals surface area contributed by atoms with Crippen molar-refractivity contribution < 1.29 is 0 Å². The van der Waals surface area contributed by atoms with E-state index in [9.17, 15) is 0 Å². The number of anilines is 1. The number of aromatic nitrogens is 5. The van der Waals surface area contributed by atoms with Gasteiger partial charge in [0.2, 0.25) is 0 Å². The number of piperidine rings is 1. The zero-order valence-electron chi connectivity index (χ0n) is 22.5. The molecule has 4 aromatic heterocycles. The number of nitrogens with one attached hydrogen (secondary N) is 2. The van der Waals surface area contributed by atoms with Crippen molar-refractivity contribution >= 4 is 27.8 Å². The van der Waals surface area contributed by atoms with E-state index in [4.69, 9.17) is 9.97 Å². The van der Waals surface area contributed by atoms with Gasteiger partial charge in [0.1, 0.15) is 11.5 Å². The van der Waals surface area contributed by atoms with Gasteiger partial charge in [0.05, 0.1) is 11.7 Å². The summed E-state index contributed by atoms with van der Waals surface area (Å²) in [5.74, 6) is 2.14. The van der Waals surface area contributed by atoms with Gasteiger partial charge in [-0.1, -0.05) is 41.0 Å². The highest BCUT2D eigenvalue weighted by molar-refractivity contribution is 5.97. The summed E-state index contributed by atoms with van der Waals surface area (Å²) in [6.07, 6.45) is 10.2. The van der Waals surface area contributed by atoms with Gasteiger partial charge in [-0.15, -0.1) is 0 Å². The van der Waals surface area contributed by atoms with Gasteiger partial charge in [0.15, 0.2) is 5.82 Å². The van der Waals surface area contributed by atoms with Crippen molar-refractivity contribution in [2.45, 2.75) is 77.7 Å². The molecule has 2 N–H and O–H groups in total. The third-order valence-electron chi connectivity index (χ3n) is 7.64. The van der Waals surface area contributed by atoms with Crippen LogP contribution in [-0.2, 0) is 5.41 Å². The molecular weight excluding hydrogens is 446 g/mol. The molecule has 7 nitrogen and oxygen atoms in total. The molecule has 36 heavy (non-hydrogen) atoms. The average Bonchev–Trinajstić information content (AvgIpc) is 3.33. The lowest BCUT2D eigenvalue weighted by atomic mass is 9.92. The fourth-order valence-corrected chi connectivity index (χ4v) is 5.42. The molecular formula is C29H39N7. The molecule has 1 fully saturated rings. The van der Waals surface area contributed by atoms with E-state index in [1.54, 1.807) is 0 Å². The van der Waals surface area contributed by atoms with Gasteiger partial charge in [0, 0.05) is 52.9 Å². The van der Waals surface area contributed by atoms with E-state index in [1.807, 2.05) is 24.7 Å². The van der Waals surface area contributed by atoms with E-state index in [1.165, 1.54) is 5.56 Å². The number of fused-ring (bicyclic) bond motifs is 2. The highest BCUT2D eigenvalue weighted by Gasteiger charge is 2.26. The number of H-pyrrole nitrogens is 1. The van der Waals surface area contributed by atoms with Crippen LogP contribution in [0.1, 0.15) is 77.5 Å². The van der Waals surface area contributed by atoms with E-state index in [-0.39, 0.29) is 5.41 Å². The molecule has 7 heteroatoms. The molecule has 1 saturated heterocycles. The molecule has 1 aliphatic heterocycles. The van der Waals surface area contributed by atoms with Gasteiger partial charge in [-0.2, -0.15) is 0 Å². The van der Waals surface area contributed by atoms with Crippen LogP contribution in [0.2, 0.25) is 0 Å².